The number of nitrogens with zero attached hydrogens (tertiary/aromatic N) is 3. The van der Waals surface area contributed by atoms with Crippen LogP contribution in [0.4, 0.5) is 17.3 Å². The molecule has 156 valence electrons. The highest BCUT2D eigenvalue weighted by molar-refractivity contribution is 7.92. The molecule has 2 heterocycles. The van der Waals surface area contributed by atoms with E-state index in [1.54, 1.807) is 18.2 Å². The predicted octanol–water partition coefficient (Wildman–Crippen LogP) is 2.93. The van der Waals surface area contributed by atoms with Crippen molar-refractivity contribution in [2.75, 3.05) is 23.3 Å². The molecule has 4 rings (SSSR count). The minimum Gasteiger partial charge on any atom is -0.381 e. The van der Waals surface area contributed by atoms with Gasteiger partial charge in [0.15, 0.2) is 11.6 Å². The number of hydrogen-bond donors (Lipinski definition) is 2. The first kappa shape index (κ1) is 20.0. The SMILES string of the molecule is O=[N+]([O-])c1cccc(S(=O)(=O)Nc2nc3ccccc3nc2NC2CCOCC2)c1. The molecule has 3 aromatic rings. The Morgan fingerprint density at radius 1 is 1.00 bits per heavy atom. The number of benzene rings is 2. The molecule has 2 aromatic carbocycles. The maximum Gasteiger partial charge on any atom is 0.270 e. The Labute approximate surface area is 172 Å². The van der Waals surface area contributed by atoms with E-state index in [1.807, 2.05) is 6.07 Å². The van der Waals surface area contributed by atoms with E-state index in [-0.39, 0.29) is 22.4 Å². The molecule has 1 saturated heterocycles. The molecule has 11 heteroatoms. The Morgan fingerprint density at radius 3 is 2.33 bits per heavy atom. The highest BCUT2D eigenvalue weighted by Crippen LogP contribution is 2.27. The van der Waals surface area contributed by atoms with Crippen LogP contribution < -0.4 is 10.0 Å². The number of nitro benzene ring substituents is 1. The highest BCUT2D eigenvalue weighted by atomic mass is 32.2. The first-order valence-electron chi connectivity index (χ1n) is 9.31. The van der Waals surface area contributed by atoms with E-state index in [0.717, 1.165) is 18.9 Å². The maximum absolute atomic E-state index is 12.9. The van der Waals surface area contributed by atoms with Crippen molar-refractivity contribution >= 4 is 38.4 Å². The summed E-state index contributed by atoms with van der Waals surface area (Å²) in [7, 11) is -4.12. The van der Waals surface area contributed by atoms with Gasteiger partial charge in [0.1, 0.15) is 0 Å². The summed E-state index contributed by atoms with van der Waals surface area (Å²) >= 11 is 0. The monoisotopic (exact) mass is 429 g/mol. The molecule has 2 N–H and O–H groups in total. The van der Waals surface area contributed by atoms with Crippen LogP contribution in [0, 0.1) is 10.1 Å². The van der Waals surface area contributed by atoms with Crippen molar-refractivity contribution in [1.82, 2.24) is 9.97 Å². The zero-order valence-electron chi connectivity index (χ0n) is 15.8. The van der Waals surface area contributed by atoms with Crippen molar-refractivity contribution in [3.63, 3.8) is 0 Å². The zero-order chi connectivity index (χ0) is 21.1. The lowest BCUT2D eigenvalue weighted by atomic mass is 10.1. The Kier molecular flexibility index (Phi) is 5.46. The lowest BCUT2D eigenvalue weighted by Crippen LogP contribution is -2.29. The normalized spacial score (nSPS) is 15.1. The standard InChI is InChI=1S/C19H19N5O5S/c25-24(26)14-4-3-5-15(12-14)30(27,28)23-19-18(20-13-8-10-29-11-9-13)21-16-6-1-2-7-17(16)22-19/h1-7,12-13H,8-11H2,(H,20,21)(H,22,23). The largest absolute Gasteiger partial charge is 0.381 e. The van der Waals surface area contributed by atoms with Gasteiger partial charge in [-0.05, 0) is 31.0 Å². The summed E-state index contributed by atoms with van der Waals surface area (Å²) in [5.74, 6) is 0.335. The quantitative estimate of drug-likeness (QED) is 0.451. The fourth-order valence-corrected chi connectivity index (χ4v) is 4.21. The molecule has 0 radical (unpaired) electrons. The Balaban J connectivity index is 1.72. The molecule has 30 heavy (non-hydrogen) atoms. The molecular formula is C19H19N5O5S. The predicted molar refractivity (Wildman–Crippen MR) is 111 cm³/mol. The summed E-state index contributed by atoms with van der Waals surface area (Å²) in [5.41, 5.74) is 0.820. The van der Waals surface area contributed by atoms with E-state index in [0.29, 0.717) is 30.1 Å². The van der Waals surface area contributed by atoms with Gasteiger partial charge in [-0.15, -0.1) is 0 Å². The van der Waals surface area contributed by atoms with E-state index in [4.69, 9.17) is 4.74 Å². The molecule has 1 aliphatic heterocycles. The van der Waals surface area contributed by atoms with E-state index < -0.39 is 14.9 Å². The second kappa shape index (κ2) is 8.20. The molecule has 0 saturated carbocycles. The Morgan fingerprint density at radius 2 is 1.67 bits per heavy atom. The summed E-state index contributed by atoms with van der Waals surface area (Å²) in [6.45, 7) is 1.21. The smallest absolute Gasteiger partial charge is 0.270 e. The molecule has 1 fully saturated rings. The number of anilines is 2. The molecule has 0 bridgehead atoms. The van der Waals surface area contributed by atoms with Crippen LogP contribution in [-0.2, 0) is 14.8 Å². The van der Waals surface area contributed by atoms with Crippen molar-refractivity contribution in [2.45, 2.75) is 23.8 Å². The molecule has 1 aliphatic rings. The van der Waals surface area contributed by atoms with Crippen LogP contribution in [-0.4, -0.2) is 42.6 Å². The molecule has 0 amide bonds. The number of ether oxygens (including phenoxy) is 1. The van der Waals surface area contributed by atoms with Gasteiger partial charge in [0, 0.05) is 31.4 Å². The molecule has 10 nitrogen and oxygen atoms in total. The molecular weight excluding hydrogens is 410 g/mol. The van der Waals surface area contributed by atoms with Gasteiger partial charge in [0.2, 0.25) is 0 Å². The van der Waals surface area contributed by atoms with Crippen LogP contribution in [0.2, 0.25) is 0 Å². The third kappa shape index (κ3) is 4.31. The first-order valence-corrected chi connectivity index (χ1v) is 10.8. The summed E-state index contributed by atoms with van der Waals surface area (Å²) < 4.78 is 33.6. The topological polar surface area (TPSA) is 136 Å². The lowest BCUT2D eigenvalue weighted by molar-refractivity contribution is -0.385. The molecule has 0 spiro atoms. The number of aromatic nitrogens is 2. The lowest BCUT2D eigenvalue weighted by Gasteiger charge is -2.24. The summed E-state index contributed by atoms with van der Waals surface area (Å²) in [6, 6.07) is 12.0. The van der Waals surface area contributed by atoms with Gasteiger partial charge < -0.3 is 10.1 Å². The number of sulfonamides is 1. The van der Waals surface area contributed by atoms with Gasteiger partial charge in [0.05, 0.1) is 20.9 Å². The summed E-state index contributed by atoms with van der Waals surface area (Å²) in [5, 5.41) is 14.3. The molecule has 0 atom stereocenters. The molecule has 1 aromatic heterocycles. The minimum absolute atomic E-state index is 0.0340. The van der Waals surface area contributed by atoms with E-state index in [9.17, 15) is 18.5 Å². The summed E-state index contributed by atoms with van der Waals surface area (Å²) in [6.07, 6.45) is 1.51. The van der Waals surface area contributed by atoms with Crippen molar-refractivity contribution < 1.29 is 18.1 Å². The number of rotatable bonds is 6. The van der Waals surface area contributed by atoms with Crippen LogP contribution in [0.15, 0.2) is 53.4 Å². The van der Waals surface area contributed by atoms with Crippen molar-refractivity contribution in [3.05, 3.63) is 58.6 Å². The second-order valence-electron chi connectivity index (χ2n) is 6.80. The molecule has 0 aliphatic carbocycles. The second-order valence-corrected chi connectivity index (χ2v) is 8.48. The van der Waals surface area contributed by atoms with Crippen molar-refractivity contribution in [2.24, 2.45) is 0 Å². The van der Waals surface area contributed by atoms with Crippen LogP contribution >= 0.6 is 0 Å². The Bertz CT molecular complexity index is 1190. The number of para-hydroxylation sites is 2. The Hall–Kier alpha value is -3.31. The number of hydrogen-bond acceptors (Lipinski definition) is 8. The average molecular weight is 429 g/mol. The minimum atomic E-state index is -4.12. The average Bonchev–Trinajstić information content (AvgIpc) is 2.75. The fraction of sp³-hybridized carbons (Fsp3) is 0.263. The van der Waals surface area contributed by atoms with Crippen molar-refractivity contribution in [3.8, 4) is 0 Å². The van der Waals surface area contributed by atoms with E-state index in [2.05, 4.69) is 20.0 Å². The van der Waals surface area contributed by atoms with Gasteiger partial charge in [-0.3, -0.25) is 14.8 Å². The van der Waals surface area contributed by atoms with Gasteiger partial charge in [-0.2, -0.15) is 0 Å². The van der Waals surface area contributed by atoms with Crippen LogP contribution in [0.3, 0.4) is 0 Å². The number of nitro groups is 1. The third-order valence-electron chi connectivity index (χ3n) is 4.70. The van der Waals surface area contributed by atoms with Gasteiger partial charge in [-0.25, -0.2) is 18.4 Å². The van der Waals surface area contributed by atoms with E-state index >= 15 is 0 Å². The maximum atomic E-state index is 12.9. The fourth-order valence-electron chi connectivity index (χ4n) is 3.16. The zero-order valence-corrected chi connectivity index (χ0v) is 16.6. The van der Waals surface area contributed by atoms with Gasteiger partial charge in [-0.1, -0.05) is 18.2 Å². The van der Waals surface area contributed by atoms with Crippen LogP contribution in [0.25, 0.3) is 11.0 Å². The number of nitrogens with one attached hydrogen (secondary N) is 2. The van der Waals surface area contributed by atoms with Crippen LogP contribution in [0.1, 0.15) is 12.8 Å². The number of fused-ring (bicyclic) bond motifs is 1. The van der Waals surface area contributed by atoms with E-state index in [1.165, 1.54) is 18.2 Å². The van der Waals surface area contributed by atoms with Crippen LogP contribution in [0.5, 0.6) is 0 Å². The third-order valence-corrected chi connectivity index (χ3v) is 6.04. The highest BCUT2D eigenvalue weighted by Gasteiger charge is 2.23. The van der Waals surface area contributed by atoms with Gasteiger partial charge in [0.25, 0.3) is 15.7 Å². The van der Waals surface area contributed by atoms with Gasteiger partial charge >= 0.3 is 0 Å². The first-order chi connectivity index (χ1) is 14.4. The van der Waals surface area contributed by atoms with Crippen molar-refractivity contribution in [1.29, 1.82) is 0 Å². The molecule has 0 unspecified atom stereocenters. The summed E-state index contributed by atoms with van der Waals surface area (Å²) in [4.78, 5) is 19.1. The number of non-ortho nitro benzene ring substituents is 1.